The third kappa shape index (κ3) is 9.63. The molecule has 0 aliphatic heterocycles. The van der Waals surface area contributed by atoms with Crippen LogP contribution in [-0.2, 0) is 14.0 Å². The minimum atomic E-state index is -2.57. The number of aliphatic hydroxyl groups is 1. The van der Waals surface area contributed by atoms with E-state index in [2.05, 4.69) is 0 Å². The SMILES string of the molecule is CCCCC(CC=C[C@H]1CCC(=O)[C@@H]1CC=CCCC(O)C(=O)O)(O[Si](C)(C)C)C(F)F. The summed E-state index contributed by atoms with van der Waals surface area (Å²) in [5, 5.41) is 18.0. The van der Waals surface area contributed by atoms with E-state index in [1.807, 2.05) is 38.7 Å². The third-order valence-corrected chi connectivity index (χ3v) is 6.83. The van der Waals surface area contributed by atoms with E-state index in [1.54, 1.807) is 12.2 Å². The van der Waals surface area contributed by atoms with Crippen LogP contribution in [0.15, 0.2) is 24.3 Å². The van der Waals surface area contributed by atoms with Crippen molar-refractivity contribution in [2.24, 2.45) is 11.8 Å². The maximum atomic E-state index is 14.1. The number of rotatable bonds is 15. The number of aliphatic carboxylic acids is 1. The Hall–Kier alpha value is -1.38. The molecular formula is C24H40F2O5Si. The normalized spacial score (nSPS) is 22.8. The van der Waals surface area contributed by atoms with Crippen molar-refractivity contribution in [1.29, 1.82) is 0 Å². The molecule has 8 heteroatoms. The molecule has 5 nitrogen and oxygen atoms in total. The van der Waals surface area contributed by atoms with Crippen molar-refractivity contribution in [3.63, 3.8) is 0 Å². The van der Waals surface area contributed by atoms with Gasteiger partial charge in [-0.2, -0.15) is 0 Å². The molecule has 184 valence electrons. The van der Waals surface area contributed by atoms with Crippen molar-refractivity contribution in [1.82, 2.24) is 0 Å². The van der Waals surface area contributed by atoms with Gasteiger partial charge in [0, 0.05) is 12.3 Å². The lowest BCUT2D eigenvalue weighted by Gasteiger charge is -2.38. The lowest BCUT2D eigenvalue weighted by molar-refractivity contribution is -0.146. The number of unbranched alkanes of at least 4 members (excludes halogenated alkanes) is 1. The molecule has 1 rings (SSSR count). The largest absolute Gasteiger partial charge is 0.479 e. The number of alkyl halides is 2. The number of halogens is 2. The van der Waals surface area contributed by atoms with Crippen molar-refractivity contribution in [2.45, 2.75) is 102 Å². The molecule has 2 N–H and O–H groups in total. The molecule has 2 unspecified atom stereocenters. The fourth-order valence-electron chi connectivity index (χ4n) is 4.17. The molecule has 0 saturated heterocycles. The Morgan fingerprint density at radius 3 is 2.53 bits per heavy atom. The molecule has 1 aliphatic rings. The van der Waals surface area contributed by atoms with Crippen LogP contribution in [0.1, 0.15) is 64.7 Å². The highest BCUT2D eigenvalue weighted by Gasteiger charge is 2.43. The zero-order valence-corrected chi connectivity index (χ0v) is 20.9. The van der Waals surface area contributed by atoms with Gasteiger partial charge < -0.3 is 14.6 Å². The van der Waals surface area contributed by atoms with Gasteiger partial charge in [0.15, 0.2) is 14.4 Å². The van der Waals surface area contributed by atoms with Gasteiger partial charge in [0.2, 0.25) is 0 Å². The molecule has 32 heavy (non-hydrogen) atoms. The smallest absolute Gasteiger partial charge is 0.332 e. The highest BCUT2D eigenvalue weighted by atomic mass is 28.4. The number of carbonyl (C=O) groups excluding carboxylic acids is 1. The summed E-state index contributed by atoms with van der Waals surface area (Å²) < 4.78 is 34.3. The van der Waals surface area contributed by atoms with E-state index in [0.29, 0.717) is 38.5 Å². The molecular weight excluding hydrogens is 434 g/mol. The Morgan fingerprint density at radius 2 is 1.97 bits per heavy atom. The fourth-order valence-corrected chi connectivity index (χ4v) is 5.67. The predicted molar refractivity (Wildman–Crippen MR) is 124 cm³/mol. The summed E-state index contributed by atoms with van der Waals surface area (Å²) in [4.78, 5) is 22.9. The van der Waals surface area contributed by atoms with Crippen molar-refractivity contribution in [3.05, 3.63) is 24.3 Å². The van der Waals surface area contributed by atoms with Crippen LogP contribution in [0.3, 0.4) is 0 Å². The molecule has 0 amide bonds. The van der Waals surface area contributed by atoms with Gasteiger partial charge in [-0.3, -0.25) is 4.79 Å². The van der Waals surface area contributed by atoms with Crippen molar-refractivity contribution < 1.29 is 33.0 Å². The van der Waals surface area contributed by atoms with Crippen LogP contribution in [0.25, 0.3) is 0 Å². The summed E-state index contributed by atoms with van der Waals surface area (Å²) in [5.41, 5.74) is -1.47. The zero-order valence-electron chi connectivity index (χ0n) is 19.9. The molecule has 0 aromatic carbocycles. The summed E-state index contributed by atoms with van der Waals surface area (Å²) in [6.45, 7) is 7.75. The number of carboxylic acid groups (broad SMARTS) is 1. The van der Waals surface area contributed by atoms with Crippen molar-refractivity contribution in [2.75, 3.05) is 0 Å². The summed E-state index contributed by atoms with van der Waals surface area (Å²) in [6.07, 6.45) is 7.56. The number of hydrogen-bond acceptors (Lipinski definition) is 4. The van der Waals surface area contributed by atoms with Crippen LogP contribution >= 0.6 is 0 Å². The highest BCUT2D eigenvalue weighted by Crippen LogP contribution is 2.36. The number of Topliss-reactive ketones (excluding diaryl/α,β-unsaturated/α-hetero) is 1. The molecule has 0 heterocycles. The van der Waals surface area contributed by atoms with Gasteiger partial charge in [-0.05, 0) is 64.1 Å². The Morgan fingerprint density at radius 1 is 1.28 bits per heavy atom. The lowest BCUT2D eigenvalue weighted by Crippen LogP contribution is -2.47. The van der Waals surface area contributed by atoms with Gasteiger partial charge in [-0.25, -0.2) is 13.6 Å². The second-order valence-electron chi connectivity index (χ2n) is 9.73. The van der Waals surface area contributed by atoms with E-state index in [-0.39, 0.29) is 30.5 Å². The maximum absolute atomic E-state index is 14.1. The first kappa shape index (κ1) is 28.6. The number of carboxylic acids is 1. The number of ketones is 1. The third-order valence-electron chi connectivity index (χ3n) is 5.81. The van der Waals surface area contributed by atoms with E-state index in [0.717, 1.165) is 6.42 Å². The van der Waals surface area contributed by atoms with Crippen LogP contribution in [0.5, 0.6) is 0 Å². The van der Waals surface area contributed by atoms with E-state index < -0.39 is 32.4 Å². The minimum absolute atomic E-state index is 0.00480. The molecule has 0 bridgehead atoms. The summed E-state index contributed by atoms with van der Waals surface area (Å²) >= 11 is 0. The Bertz CT molecular complexity index is 659. The lowest BCUT2D eigenvalue weighted by atomic mass is 9.89. The monoisotopic (exact) mass is 474 g/mol. The van der Waals surface area contributed by atoms with Gasteiger partial charge in [-0.15, -0.1) is 0 Å². The first-order chi connectivity index (χ1) is 14.9. The average molecular weight is 475 g/mol. The predicted octanol–water partition coefficient (Wildman–Crippen LogP) is 5.75. The number of hydrogen-bond donors (Lipinski definition) is 2. The first-order valence-corrected chi connectivity index (χ1v) is 15.1. The summed E-state index contributed by atoms with van der Waals surface area (Å²) in [7, 11) is -2.18. The van der Waals surface area contributed by atoms with Crippen molar-refractivity contribution >= 4 is 20.1 Å². The van der Waals surface area contributed by atoms with Crippen LogP contribution in [-0.4, -0.2) is 48.4 Å². The Labute approximate surface area is 192 Å². The summed E-state index contributed by atoms with van der Waals surface area (Å²) in [6, 6.07) is 0. The van der Waals surface area contributed by atoms with Crippen LogP contribution in [0.4, 0.5) is 8.78 Å². The first-order valence-electron chi connectivity index (χ1n) is 11.7. The molecule has 0 aromatic rings. The van der Waals surface area contributed by atoms with Gasteiger partial charge in [0.1, 0.15) is 11.4 Å². The highest BCUT2D eigenvalue weighted by molar-refractivity contribution is 6.69. The topological polar surface area (TPSA) is 83.8 Å². The molecule has 1 aliphatic carbocycles. The summed E-state index contributed by atoms with van der Waals surface area (Å²) in [5.74, 6) is -1.27. The average Bonchev–Trinajstić information content (AvgIpc) is 3.03. The molecule has 1 saturated carbocycles. The standard InChI is InChI=1S/C24H40F2O5Si/c1-5-6-16-24(23(25)26,31-32(2,3)4)17-10-11-18-14-15-20(27)19(18)12-8-7-9-13-21(28)22(29)30/h7-8,10-11,18-19,21,23,28H,5-6,9,12-17H2,1-4H3,(H,29,30)/t18-,19+,21?,24?/m0/s1. The van der Waals surface area contributed by atoms with Gasteiger partial charge in [0.25, 0.3) is 6.43 Å². The number of carbonyl (C=O) groups is 2. The molecule has 0 spiro atoms. The van der Waals surface area contributed by atoms with Gasteiger partial charge in [0.05, 0.1) is 0 Å². The maximum Gasteiger partial charge on any atom is 0.332 e. The minimum Gasteiger partial charge on any atom is -0.479 e. The van der Waals surface area contributed by atoms with Gasteiger partial charge >= 0.3 is 5.97 Å². The van der Waals surface area contributed by atoms with E-state index in [4.69, 9.17) is 9.53 Å². The van der Waals surface area contributed by atoms with E-state index in [9.17, 15) is 23.5 Å². The van der Waals surface area contributed by atoms with E-state index in [1.165, 1.54) is 0 Å². The van der Waals surface area contributed by atoms with Crippen molar-refractivity contribution in [3.8, 4) is 0 Å². The quantitative estimate of drug-likeness (QED) is 0.233. The fraction of sp³-hybridized carbons (Fsp3) is 0.750. The van der Waals surface area contributed by atoms with Gasteiger partial charge in [-0.1, -0.05) is 44.1 Å². The van der Waals surface area contributed by atoms with E-state index >= 15 is 0 Å². The molecule has 4 atom stereocenters. The Balaban J connectivity index is 2.77. The second-order valence-corrected chi connectivity index (χ2v) is 14.2. The van der Waals surface area contributed by atoms with Crippen LogP contribution < -0.4 is 0 Å². The molecule has 0 radical (unpaired) electrons. The number of allylic oxidation sites excluding steroid dienone is 3. The Kier molecular flexibility index (Phi) is 12.0. The molecule has 0 aromatic heterocycles. The van der Waals surface area contributed by atoms with Crippen LogP contribution in [0.2, 0.25) is 19.6 Å². The molecule has 1 fully saturated rings. The zero-order chi connectivity index (χ0) is 24.4. The second kappa shape index (κ2) is 13.4. The number of aliphatic hydroxyl groups excluding tert-OH is 1. The van der Waals surface area contributed by atoms with Crippen LogP contribution in [0, 0.1) is 11.8 Å².